The third-order valence-electron chi connectivity index (χ3n) is 4.34. The molecule has 3 rings (SSSR count). The number of rotatable bonds is 2. The Balaban J connectivity index is 1.64. The Kier molecular flexibility index (Phi) is 4.65. The number of amides is 1. The zero-order valence-corrected chi connectivity index (χ0v) is 13.8. The molecule has 1 aliphatic heterocycles. The normalized spacial score (nSPS) is 15.4. The van der Waals surface area contributed by atoms with Crippen molar-refractivity contribution in [1.29, 1.82) is 0 Å². The Labute approximate surface area is 143 Å². The van der Waals surface area contributed by atoms with E-state index in [0.717, 1.165) is 17.8 Å². The number of nitrogens with zero attached hydrogens (tertiary/aromatic N) is 3. The van der Waals surface area contributed by atoms with Crippen LogP contribution in [0.2, 0.25) is 0 Å². The molecular formula is C18H18F3N3O. The third kappa shape index (κ3) is 3.75. The minimum absolute atomic E-state index is 0.0156. The number of anilines is 1. The quantitative estimate of drug-likeness (QED) is 0.834. The van der Waals surface area contributed by atoms with Gasteiger partial charge in [0.15, 0.2) is 0 Å². The summed E-state index contributed by atoms with van der Waals surface area (Å²) in [5.74, 6) is 0.481. The van der Waals surface area contributed by atoms with E-state index in [1.54, 1.807) is 4.90 Å². The van der Waals surface area contributed by atoms with Crippen LogP contribution in [0, 0.1) is 6.92 Å². The van der Waals surface area contributed by atoms with Crippen molar-refractivity contribution in [3.63, 3.8) is 0 Å². The first-order valence-electron chi connectivity index (χ1n) is 7.99. The number of halogens is 3. The Morgan fingerprint density at radius 3 is 2.28 bits per heavy atom. The maximum absolute atomic E-state index is 12.6. The fourth-order valence-corrected chi connectivity index (χ4v) is 2.86. The maximum atomic E-state index is 12.6. The number of aromatic nitrogens is 1. The highest BCUT2D eigenvalue weighted by molar-refractivity contribution is 5.95. The molecular weight excluding hydrogens is 331 g/mol. The zero-order valence-electron chi connectivity index (χ0n) is 13.8. The Morgan fingerprint density at radius 2 is 1.72 bits per heavy atom. The maximum Gasteiger partial charge on any atom is 0.417 e. The SMILES string of the molecule is Cc1ccccc1C(=O)N1CCN(c2ccc(C(F)(F)F)cn2)CC1. The van der Waals surface area contributed by atoms with Gasteiger partial charge in [0.2, 0.25) is 0 Å². The first-order chi connectivity index (χ1) is 11.9. The second-order valence-electron chi connectivity index (χ2n) is 6.00. The van der Waals surface area contributed by atoms with Crippen LogP contribution in [0.3, 0.4) is 0 Å². The molecule has 0 bridgehead atoms. The summed E-state index contributed by atoms with van der Waals surface area (Å²) in [7, 11) is 0. The summed E-state index contributed by atoms with van der Waals surface area (Å²) < 4.78 is 37.8. The van der Waals surface area contributed by atoms with Crippen LogP contribution in [-0.2, 0) is 6.18 Å². The second kappa shape index (κ2) is 6.74. The van der Waals surface area contributed by atoms with Gasteiger partial charge in [-0.15, -0.1) is 0 Å². The highest BCUT2D eigenvalue weighted by Crippen LogP contribution is 2.29. The van der Waals surface area contributed by atoms with E-state index < -0.39 is 11.7 Å². The van der Waals surface area contributed by atoms with Crippen LogP contribution in [0.4, 0.5) is 19.0 Å². The average Bonchev–Trinajstić information content (AvgIpc) is 2.61. The smallest absolute Gasteiger partial charge is 0.353 e. The van der Waals surface area contributed by atoms with E-state index in [2.05, 4.69) is 4.98 Å². The van der Waals surface area contributed by atoms with Gasteiger partial charge in [-0.3, -0.25) is 4.79 Å². The van der Waals surface area contributed by atoms with E-state index in [9.17, 15) is 18.0 Å². The number of carbonyl (C=O) groups excluding carboxylic acids is 1. The van der Waals surface area contributed by atoms with Gasteiger partial charge >= 0.3 is 6.18 Å². The fraction of sp³-hybridized carbons (Fsp3) is 0.333. The summed E-state index contributed by atoms with van der Waals surface area (Å²) in [5.41, 5.74) is 0.854. The molecule has 1 fully saturated rings. The van der Waals surface area contributed by atoms with E-state index in [1.807, 2.05) is 36.1 Å². The lowest BCUT2D eigenvalue weighted by atomic mass is 10.1. The van der Waals surface area contributed by atoms with Crippen LogP contribution in [0.15, 0.2) is 42.6 Å². The summed E-state index contributed by atoms with van der Waals surface area (Å²) >= 11 is 0. The lowest BCUT2D eigenvalue weighted by molar-refractivity contribution is -0.137. The number of hydrogen-bond donors (Lipinski definition) is 0. The lowest BCUT2D eigenvalue weighted by Crippen LogP contribution is -2.49. The molecule has 1 aliphatic rings. The minimum atomic E-state index is -4.38. The van der Waals surface area contributed by atoms with Crippen molar-refractivity contribution in [2.45, 2.75) is 13.1 Å². The molecule has 0 N–H and O–H groups in total. The predicted molar refractivity (Wildman–Crippen MR) is 88.5 cm³/mol. The van der Waals surface area contributed by atoms with Crippen LogP contribution in [0.5, 0.6) is 0 Å². The topological polar surface area (TPSA) is 36.4 Å². The van der Waals surface area contributed by atoms with Crippen molar-refractivity contribution in [2.24, 2.45) is 0 Å². The van der Waals surface area contributed by atoms with E-state index in [-0.39, 0.29) is 5.91 Å². The van der Waals surface area contributed by atoms with Crippen molar-refractivity contribution in [3.8, 4) is 0 Å². The highest BCUT2D eigenvalue weighted by Gasteiger charge is 2.31. The fourth-order valence-electron chi connectivity index (χ4n) is 2.86. The van der Waals surface area contributed by atoms with Gasteiger partial charge in [-0.05, 0) is 30.7 Å². The molecule has 2 aromatic rings. The molecule has 132 valence electrons. The minimum Gasteiger partial charge on any atom is -0.353 e. The van der Waals surface area contributed by atoms with Crippen LogP contribution in [-0.4, -0.2) is 42.0 Å². The summed E-state index contributed by atoms with van der Waals surface area (Å²) in [6.07, 6.45) is -3.54. The van der Waals surface area contributed by atoms with Crippen LogP contribution in [0.1, 0.15) is 21.5 Å². The zero-order chi connectivity index (χ0) is 18.0. The summed E-state index contributed by atoms with van der Waals surface area (Å²) in [6, 6.07) is 9.84. The molecule has 2 heterocycles. The molecule has 0 aliphatic carbocycles. The van der Waals surface area contributed by atoms with Crippen LogP contribution >= 0.6 is 0 Å². The van der Waals surface area contributed by atoms with Gasteiger partial charge in [-0.2, -0.15) is 13.2 Å². The molecule has 1 aromatic heterocycles. The van der Waals surface area contributed by atoms with Crippen LogP contribution in [0.25, 0.3) is 0 Å². The number of piperazine rings is 1. The summed E-state index contributed by atoms with van der Waals surface area (Å²) in [6.45, 7) is 3.99. The predicted octanol–water partition coefficient (Wildman–Crippen LogP) is 3.37. The first-order valence-corrected chi connectivity index (χ1v) is 7.99. The van der Waals surface area contributed by atoms with Gasteiger partial charge in [0.25, 0.3) is 5.91 Å². The molecule has 1 amide bonds. The van der Waals surface area contributed by atoms with E-state index >= 15 is 0 Å². The molecule has 0 unspecified atom stereocenters. The molecule has 1 saturated heterocycles. The van der Waals surface area contributed by atoms with E-state index in [4.69, 9.17) is 0 Å². The third-order valence-corrected chi connectivity index (χ3v) is 4.34. The Bertz CT molecular complexity index is 751. The van der Waals surface area contributed by atoms with Crippen molar-refractivity contribution >= 4 is 11.7 Å². The molecule has 0 radical (unpaired) electrons. The van der Waals surface area contributed by atoms with Crippen molar-refractivity contribution in [2.75, 3.05) is 31.1 Å². The van der Waals surface area contributed by atoms with Gasteiger partial charge in [-0.25, -0.2) is 4.98 Å². The highest BCUT2D eigenvalue weighted by atomic mass is 19.4. The molecule has 0 atom stereocenters. The summed E-state index contributed by atoms with van der Waals surface area (Å²) in [5, 5.41) is 0. The Morgan fingerprint density at radius 1 is 1.04 bits per heavy atom. The monoisotopic (exact) mass is 349 g/mol. The standard InChI is InChI=1S/C18H18F3N3O/c1-13-4-2-3-5-15(13)17(25)24-10-8-23(9-11-24)16-7-6-14(12-22-16)18(19,20)21/h2-7,12H,8-11H2,1H3. The van der Waals surface area contributed by atoms with Crippen molar-refractivity contribution in [3.05, 3.63) is 59.3 Å². The van der Waals surface area contributed by atoms with E-state index in [1.165, 1.54) is 6.07 Å². The Hall–Kier alpha value is -2.57. The summed E-state index contributed by atoms with van der Waals surface area (Å²) in [4.78, 5) is 20.2. The van der Waals surface area contributed by atoms with Crippen LogP contribution < -0.4 is 4.90 Å². The molecule has 1 aromatic carbocycles. The van der Waals surface area contributed by atoms with Gasteiger partial charge in [0.05, 0.1) is 5.56 Å². The van der Waals surface area contributed by atoms with Crippen molar-refractivity contribution < 1.29 is 18.0 Å². The van der Waals surface area contributed by atoms with E-state index in [0.29, 0.717) is 37.6 Å². The number of aryl methyl sites for hydroxylation is 1. The van der Waals surface area contributed by atoms with Gasteiger partial charge in [0, 0.05) is 37.9 Å². The van der Waals surface area contributed by atoms with Gasteiger partial charge in [0.1, 0.15) is 5.82 Å². The number of hydrogen-bond acceptors (Lipinski definition) is 3. The second-order valence-corrected chi connectivity index (χ2v) is 6.00. The average molecular weight is 349 g/mol. The molecule has 4 nitrogen and oxygen atoms in total. The molecule has 0 saturated carbocycles. The van der Waals surface area contributed by atoms with Gasteiger partial charge in [-0.1, -0.05) is 18.2 Å². The van der Waals surface area contributed by atoms with Crippen molar-refractivity contribution in [1.82, 2.24) is 9.88 Å². The number of carbonyl (C=O) groups is 1. The number of pyridine rings is 1. The number of alkyl halides is 3. The molecule has 0 spiro atoms. The number of benzene rings is 1. The first kappa shape index (κ1) is 17.3. The molecule has 25 heavy (non-hydrogen) atoms. The molecule has 7 heteroatoms. The van der Waals surface area contributed by atoms with Gasteiger partial charge < -0.3 is 9.80 Å². The lowest BCUT2D eigenvalue weighted by Gasteiger charge is -2.35. The largest absolute Gasteiger partial charge is 0.417 e.